The minimum atomic E-state index is -0.934. The molecule has 4 aromatic rings. The molecule has 0 spiro atoms. The van der Waals surface area contributed by atoms with Crippen LogP contribution in [-0.2, 0) is 19.4 Å². The van der Waals surface area contributed by atoms with Crippen LogP contribution in [0, 0.1) is 12.8 Å². The van der Waals surface area contributed by atoms with Crippen LogP contribution in [0.3, 0.4) is 0 Å². The fourth-order valence-corrected chi connectivity index (χ4v) is 4.57. The number of aromatic nitrogens is 2. The second-order valence-electron chi connectivity index (χ2n) is 9.37. The summed E-state index contributed by atoms with van der Waals surface area (Å²) >= 11 is 0. The van der Waals surface area contributed by atoms with Crippen LogP contribution in [0.1, 0.15) is 47.6 Å². The maximum absolute atomic E-state index is 13.5. The van der Waals surface area contributed by atoms with Crippen LogP contribution in [0.4, 0.5) is 0 Å². The van der Waals surface area contributed by atoms with E-state index in [1.165, 1.54) is 0 Å². The first-order valence-corrected chi connectivity index (χ1v) is 12.1. The van der Waals surface area contributed by atoms with Crippen LogP contribution in [0.15, 0.2) is 83.7 Å². The Labute approximate surface area is 206 Å². The van der Waals surface area contributed by atoms with Crippen LogP contribution >= 0.6 is 0 Å². The van der Waals surface area contributed by atoms with Gasteiger partial charge in [0, 0.05) is 17.9 Å². The monoisotopic (exact) mass is 468 g/mol. The van der Waals surface area contributed by atoms with E-state index in [2.05, 4.69) is 13.8 Å². The fourth-order valence-electron chi connectivity index (χ4n) is 4.57. The first-order chi connectivity index (χ1) is 16.9. The largest absolute Gasteiger partial charge is 0.478 e. The number of rotatable bonds is 9. The SMILES string of the molecule is Cc1c(CCC(C)C)n(CCc2ccc(-c3ccccc3C(=O)O)cc2)c(=O)n1-c1ccccc1. The van der Waals surface area contributed by atoms with Crippen LogP contribution in [0.5, 0.6) is 0 Å². The number of carboxylic acids is 1. The number of imidazole rings is 1. The van der Waals surface area contributed by atoms with E-state index in [0.29, 0.717) is 30.0 Å². The Morgan fingerprint density at radius 2 is 1.54 bits per heavy atom. The molecule has 0 saturated heterocycles. The molecule has 0 fully saturated rings. The molecule has 5 heteroatoms. The van der Waals surface area contributed by atoms with Gasteiger partial charge in [0.1, 0.15) is 0 Å². The molecule has 0 amide bonds. The summed E-state index contributed by atoms with van der Waals surface area (Å²) in [4.78, 5) is 25.1. The average Bonchev–Trinajstić information content (AvgIpc) is 3.10. The summed E-state index contributed by atoms with van der Waals surface area (Å²) in [5.41, 5.74) is 5.96. The Morgan fingerprint density at radius 1 is 0.886 bits per heavy atom. The van der Waals surface area contributed by atoms with Crippen molar-refractivity contribution in [2.75, 3.05) is 0 Å². The molecule has 0 unspecified atom stereocenters. The summed E-state index contributed by atoms with van der Waals surface area (Å²) in [7, 11) is 0. The Balaban J connectivity index is 1.61. The van der Waals surface area contributed by atoms with Crippen molar-refractivity contribution < 1.29 is 9.90 Å². The van der Waals surface area contributed by atoms with Gasteiger partial charge < -0.3 is 5.11 Å². The average molecular weight is 469 g/mol. The molecule has 1 heterocycles. The molecule has 0 radical (unpaired) electrons. The molecule has 35 heavy (non-hydrogen) atoms. The zero-order chi connectivity index (χ0) is 24.9. The van der Waals surface area contributed by atoms with Gasteiger partial charge in [0.25, 0.3) is 0 Å². The lowest BCUT2D eigenvalue weighted by molar-refractivity contribution is 0.0697. The predicted octanol–water partition coefficient (Wildman–Crippen LogP) is 6.14. The molecule has 0 atom stereocenters. The molecule has 1 N–H and O–H groups in total. The van der Waals surface area contributed by atoms with Gasteiger partial charge >= 0.3 is 11.7 Å². The molecule has 5 nitrogen and oxygen atoms in total. The number of nitrogens with zero attached hydrogens (tertiary/aromatic N) is 2. The highest BCUT2D eigenvalue weighted by Crippen LogP contribution is 2.24. The Hall–Kier alpha value is -3.86. The number of hydrogen-bond donors (Lipinski definition) is 1. The van der Waals surface area contributed by atoms with Crippen molar-refractivity contribution in [2.45, 2.75) is 46.6 Å². The van der Waals surface area contributed by atoms with Gasteiger partial charge in [-0.25, -0.2) is 9.59 Å². The maximum Gasteiger partial charge on any atom is 0.336 e. The van der Waals surface area contributed by atoms with Crippen molar-refractivity contribution in [3.8, 4) is 16.8 Å². The van der Waals surface area contributed by atoms with E-state index in [4.69, 9.17) is 0 Å². The van der Waals surface area contributed by atoms with E-state index in [1.807, 2.05) is 82.8 Å². The van der Waals surface area contributed by atoms with E-state index in [1.54, 1.807) is 12.1 Å². The van der Waals surface area contributed by atoms with E-state index in [0.717, 1.165) is 41.0 Å². The predicted molar refractivity (Wildman–Crippen MR) is 140 cm³/mol. The van der Waals surface area contributed by atoms with Gasteiger partial charge in [0.15, 0.2) is 0 Å². The number of carboxylic acid groups (broad SMARTS) is 1. The highest BCUT2D eigenvalue weighted by atomic mass is 16.4. The van der Waals surface area contributed by atoms with Crippen LogP contribution < -0.4 is 5.69 Å². The number of hydrogen-bond acceptors (Lipinski definition) is 2. The second kappa shape index (κ2) is 10.6. The smallest absolute Gasteiger partial charge is 0.336 e. The minimum absolute atomic E-state index is 0.000498. The minimum Gasteiger partial charge on any atom is -0.478 e. The zero-order valence-electron chi connectivity index (χ0n) is 20.6. The topological polar surface area (TPSA) is 64.2 Å². The third kappa shape index (κ3) is 5.29. The van der Waals surface area contributed by atoms with Crippen molar-refractivity contribution in [2.24, 2.45) is 5.92 Å². The Kier molecular flexibility index (Phi) is 7.35. The Bertz CT molecular complexity index is 1360. The van der Waals surface area contributed by atoms with Crippen molar-refractivity contribution in [3.05, 3.63) is 112 Å². The molecule has 0 aliphatic heterocycles. The summed E-state index contributed by atoms with van der Waals surface area (Å²) in [6, 6.07) is 24.8. The second-order valence-corrected chi connectivity index (χ2v) is 9.37. The van der Waals surface area contributed by atoms with Gasteiger partial charge in [-0.2, -0.15) is 0 Å². The molecule has 1 aromatic heterocycles. The quantitative estimate of drug-likeness (QED) is 0.321. The normalized spacial score (nSPS) is 11.2. The number of para-hydroxylation sites is 1. The molecule has 0 aliphatic carbocycles. The van der Waals surface area contributed by atoms with Crippen LogP contribution in [-0.4, -0.2) is 20.2 Å². The highest BCUT2D eigenvalue weighted by molar-refractivity contribution is 5.95. The third-order valence-electron chi connectivity index (χ3n) is 6.52. The molecular weight excluding hydrogens is 436 g/mol. The van der Waals surface area contributed by atoms with E-state index in [-0.39, 0.29) is 5.69 Å². The molecule has 0 saturated carbocycles. The number of aryl methyl sites for hydroxylation is 1. The Morgan fingerprint density at radius 3 is 2.20 bits per heavy atom. The lowest BCUT2D eigenvalue weighted by Crippen LogP contribution is -2.25. The van der Waals surface area contributed by atoms with Crippen LogP contribution in [0.25, 0.3) is 16.8 Å². The van der Waals surface area contributed by atoms with Gasteiger partial charge in [0.2, 0.25) is 0 Å². The summed E-state index contributed by atoms with van der Waals surface area (Å²) in [6.45, 7) is 7.04. The van der Waals surface area contributed by atoms with Gasteiger partial charge in [0.05, 0.1) is 11.3 Å². The van der Waals surface area contributed by atoms with Crippen molar-refractivity contribution in [1.29, 1.82) is 0 Å². The summed E-state index contributed by atoms with van der Waals surface area (Å²) in [6.07, 6.45) is 2.61. The zero-order valence-corrected chi connectivity index (χ0v) is 20.6. The molecule has 180 valence electrons. The first kappa shape index (κ1) is 24.3. The molecular formula is C30H32N2O3. The highest BCUT2D eigenvalue weighted by Gasteiger charge is 2.18. The van der Waals surface area contributed by atoms with Crippen molar-refractivity contribution in [3.63, 3.8) is 0 Å². The molecule has 4 rings (SSSR count). The van der Waals surface area contributed by atoms with Gasteiger partial charge in [-0.3, -0.25) is 9.13 Å². The third-order valence-corrected chi connectivity index (χ3v) is 6.52. The molecule has 3 aromatic carbocycles. The van der Waals surface area contributed by atoms with Crippen molar-refractivity contribution >= 4 is 5.97 Å². The summed E-state index contributed by atoms with van der Waals surface area (Å²) in [5.74, 6) is -0.379. The summed E-state index contributed by atoms with van der Waals surface area (Å²) < 4.78 is 3.75. The van der Waals surface area contributed by atoms with E-state index < -0.39 is 5.97 Å². The van der Waals surface area contributed by atoms with Gasteiger partial charge in [-0.1, -0.05) is 74.5 Å². The lowest BCUT2D eigenvalue weighted by atomic mass is 9.98. The summed E-state index contributed by atoms with van der Waals surface area (Å²) in [5, 5.41) is 9.49. The number of carbonyl (C=O) groups is 1. The fraction of sp³-hybridized carbons (Fsp3) is 0.267. The number of aromatic carboxylic acids is 1. The van der Waals surface area contributed by atoms with Gasteiger partial charge in [-0.15, -0.1) is 0 Å². The first-order valence-electron chi connectivity index (χ1n) is 12.1. The van der Waals surface area contributed by atoms with E-state index in [9.17, 15) is 14.7 Å². The van der Waals surface area contributed by atoms with Crippen molar-refractivity contribution in [1.82, 2.24) is 9.13 Å². The molecule has 0 aliphatic rings. The molecule has 0 bridgehead atoms. The van der Waals surface area contributed by atoms with E-state index >= 15 is 0 Å². The number of benzene rings is 3. The van der Waals surface area contributed by atoms with Crippen LogP contribution in [0.2, 0.25) is 0 Å². The lowest BCUT2D eigenvalue weighted by Gasteiger charge is -2.11. The van der Waals surface area contributed by atoms with Gasteiger partial charge in [-0.05, 0) is 67.0 Å². The standard InChI is InChI=1S/C30H32N2O3/c1-21(2)13-18-28-22(3)32(25-9-5-4-6-10-25)30(35)31(28)20-19-23-14-16-24(17-15-23)26-11-7-8-12-27(26)29(33)34/h4-12,14-17,21H,13,18-20H2,1-3H3,(H,33,34). The maximum atomic E-state index is 13.5.